The maximum absolute atomic E-state index is 13.4. The fourth-order valence-electron chi connectivity index (χ4n) is 3.41. The van der Waals surface area contributed by atoms with Gasteiger partial charge in [-0.2, -0.15) is 5.10 Å². The highest BCUT2D eigenvalue weighted by atomic mass is 16.1. The molecule has 0 saturated heterocycles. The predicted octanol–water partition coefficient (Wildman–Crippen LogP) is 4.63. The molecule has 28 heavy (non-hydrogen) atoms. The first-order chi connectivity index (χ1) is 13.7. The number of aromatic nitrogens is 2. The van der Waals surface area contributed by atoms with Crippen LogP contribution in [0.3, 0.4) is 0 Å². The van der Waals surface area contributed by atoms with Gasteiger partial charge in [0.05, 0.1) is 11.6 Å². The number of rotatable bonds is 7. The molecular formula is C24H23N3O. The standard InChI is InChI=1S/C24H23N3O/c1-17-11-13-18(14-12-17)15-16-25-22(19-7-3-2-4-8-19)24(28)23-20-9-5-6-10-21(20)26-27-23/h2-14,22,25H,15-16H2,1H3,(H,26,27)/t22-/m1/s1. The van der Waals surface area contributed by atoms with E-state index >= 15 is 0 Å². The lowest BCUT2D eigenvalue weighted by Crippen LogP contribution is -2.30. The van der Waals surface area contributed by atoms with Crippen LogP contribution >= 0.6 is 0 Å². The number of ketones is 1. The summed E-state index contributed by atoms with van der Waals surface area (Å²) < 4.78 is 0. The smallest absolute Gasteiger partial charge is 0.205 e. The molecule has 2 N–H and O–H groups in total. The number of benzene rings is 3. The number of H-pyrrole nitrogens is 1. The second-order valence-corrected chi connectivity index (χ2v) is 7.02. The van der Waals surface area contributed by atoms with Crippen molar-refractivity contribution in [2.45, 2.75) is 19.4 Å². The average molecular weight is 369 g/mol. The molecule has 0 unspecified atom stereocenters. The molecule has 1 aromatic heterocycles. The Bertz CT molecular complexity index is 1070. The van der Waals surface area contributed by atoms with Gasteiger partial charge in [0.15, 0.2) is 0 Å². The summed E-state index contributed by atoms with van der Waals surface area (Å²) in [6.07, 6.45) is 0.859. The van der Waals surface area contributed by atoms with Crippen molar-refractivity contribution in [3.05, 3.63) is 101 Å². The Balaban J connectivity index is 1.57. The van der Waals surface area contributed by atoms with Crippen LogP contribution in [-0.4, -0.2) is 22.5 Å². The SMILES string of the molecule is Cc1ccc(CCN[C@@H](C(=O)c2n[nH]c3ccccc23)c2ccccc2)cc1. The van der Waals surface area contributed by atoms with Crippen LogP contribution in [0.15, 0.2) is 78.9 Å². The molecule has 1 atom stereocenters. The van der Waals surface area contributed by atoms with E-state index in [0.717, 1.165) is 22.9 Å². The fraction of sp³-hybridized carbons (Fsp3) is 0.167. The first-order valence-corrected chi connectivity index (χ1v) is 9.53. The summed E-state index contributed by atoms with van der Waals surface area (Å²) in [5.74, 6) is -0.0208. The third kappa shape index (κ3) is 3.87. The third-order valence-electron chi connectivity index (χ3n) is 4.98. The molecule has 140 valence electrons. The van der Waals surface area contributed by atoms with E-state index in [4.69, 9.17) is 0 Å². The van der Waals surface area contributed by atoms with Crippen molar-refractivity contribution in [2.75, 3.05) is 6.54 Å². The quantitative estimate of drug-likeness (QED) is 0.467. The number of hydrogen-bond acceptors (Lipinski definition) is 3. The lowest BCUT2D eigenvalue weighted by molar-refractivity contribution is 0.0940. The Kier molecular flexibility index (Phi) is 5.31. The number of nitrogens with zero attached hydrogens (tertiary/aromatic N) is 1. The summed E-state index contributed by atoms with van der Waals surface area (Å²) in [7, 11) is 0. The van der Waals surface area contributed by atoms with E-state index in [1.165, 1.54) is 11.1 Å². The van der Waals surface area contributed by atoms with Gasteiger partial charge in [-0.1, -0.05) is 78.4 Å². The number of carbonyl (C=O) groups excluding carboxylic acids is 1. The van der Waals surface area contributed by atoms with Crippen LogP contribution in [0.5, 0.6) is 0 Å². The van der Waals surface area contributed by atoms with Crippen molar-refractivity contribution >= 4 is 16.7 Å². The van der Waals surface area contributed by atoms with Crippen molar-refractivity contribution in [3.8, 4) is 0 Å². The molecule has 0 aliphatic rings. The molecule has 0 radical (unpaired) electrons. The van der Waals surface area contributed by atoms with Crippen molar-refractivity contribution in [3.63, 3.8) is 0 Å². The highest BCUT2D eigenvalue weighted by Gasteiger charge is 2.25. The molecule has 0 aliphatic heterocycles. The van der Waals surface area contributed by atoms with E-state index in [1.54, 1.807) is 0 Å². The van der Waals surface area contributed by atoms with Gasteiger partial charge in [0.25, 0.3) is 0 Å². The molecule has 4 nitrogen and oxygen atoms in total. The number of fused-ring (bicyclic) bond motifs is 1. The maximum Gasteiger partial charge on any atom is 0.205 e. The normalized spacial score (nSPS) is 12.2. The molecule has 4 rings (SSSR count). The monoisotopic (exact) mass is 369 g/mol. The molecule has 0 bridgehead atoms. The van der Waals surface area contributed by atoms with Crippen LogP contribution in [0.4, 0.5) is 0 Å². The Hall–Kier alpha value is -3.24. The Morgan fingerprint density at radius 1 is 0.964 bits per heavy atom. The van der Waals surface area contributed by atoms with Crippen LogP contribution in [0, 0.1) is 6.92 Å². The number of carbonyl (C=O) groups is 1. The summed E-state index contributed by atoms with van der Waals surface area (Å²) in [5, 5.41) is 11.6. The lowest BCUT2D eigenvalue weighted by Gasteiger charge is -2.17. The number of para-hydroxylation sites is 1. The molecule has 4 aromatic rings. The zero-order chi connectivity index (χ0) is 19.3. The first-order valence-electron chi connectivity index (χ1n) is 9.53. The van der Waals surface area contributed by atoms with Crippen molar-refractivity contribution in [1.29, 1.82) is 0 Å². The number of aryl methyl sites for hydroxylation is 1. The number of Topliss-reactive ketones (excluding diaryl/α,β-unsaturated/α-hetero) is 1. The zero-order valence-corrected chi connectivity index (χ0v) is 15.9. The van der Waals surface area contributed by atoms with Gasteiger partial charge in [-0.15, -0.1) is 0 Å². The molecule has 0 amide bonds. The molecule has 3 aromatic carbocycles. The van der Waals surface area contributed by atoms with Crippen LogP contribution in [0.25, 0.3) is 10.9 Å². The summed E-state index contributed by atoms with van der Waals surface area (Å²) >= 11 is 0. The predicted molar refractivity (Wildman–Crippen MR) is 112 cm³/mol. The molecule has 0 fully saturated rings. The maximum atomic E-state index is 13.4. The Labute approximate surface area is 164 Å². The van der Waals surface area contributed by atoms with Gasteiger partial charge in [-0.05, 0) is 30.5 Å². The highest BCUT2D eigenvalue weighted by Crippen LogP contribution is 2.23. The summed E-state index contributed by atoms with van der Waals surface area (Å²) in [6.45, 7) is 2.79. The summed E-state index contributed by atoms with van der Waals surface area (Å²) in [5.41, 5.74) is 4.80. The second kappa shape index (κ2) is 8.19. The van der Waals surface area contributed by atoms with Gasteiger partial charge in [0.1, 0.15) is 5.69 Å². The molecule has 0 saturated carbocycles. The van der Waals surface area contributed by atoms with Gasteiger partial charge in [0, 0.05) is 11.9 Å². The van der Waals surface area contributed by atoms with Crippen LogP contribution < -0.4 is 5.32 Å². The van der Waals surface area contributed by atoms with Gasteiger partial charge < -0.3 is 5.32 Å². The Morgan fingerprint density at radius 2 is 1.68 bits per heavy atom. The van der Waals surface area contributed by atoms with E-state index in [2.05, 4.69) is 46.7 Å². The van der Waals surface area contributed by atoms with Gasteiger partial charge in [0.2, 0.25) is 5.78 Å². The van der Waals surface area contributed by atoms with Crippen molar-refractivity contribution in [1.82, 2.24) is 15.5 Å². The topological polar surface area (TPSA) is 57.8 Å². The average Bonchev–Trinajstić information content (AvgIpc) is 3.17. The second-order valence-electron chi connectivity index (χ2n) is 7.02. The minimum Gasteiger partial charge on any atom is -0.303 e. The lowest BCUT2D eigenvalue weighted by atomic mass is 9.98. The minimum absolute atomic E-state index is 0.0208. The van der Waals surface area contributed by atoms with Crippen LogP contribution in [0.2, 0.25) is 0 Å². The number of aromatic amines is 1. The van der Waals surface area contributed by atoms with Gasteiger partial charge in [-0.3, -0.25) is 9.89 Å². The van der Waals surface area contributed by atoms with Crippen molar-refractivity contribution < 1.29 is 4.79 Å². The molecule has 0 spiro atoms. The van der Waals surface area contributed by atoms with E-state index in [-0.39, 0.29) is 5.78 Å². The van der Waals surface area contributed by atoms with Crippen LogP contribution in [-0.2, 0) is 6.42 Å². The first kappa shape index (κ1) is 18.1. The minimum atomic E-state index is -0.432. The molecule has 1 heterocycles. The molecular weight excluding hydrogens is 346 g/mol. The van der Waals surface area contributed by atoms with E-state index in [9.17, 15) is 4.79 Å². The highest BCUT2D eigenvalue weighted by molar-refractivity contribution is 6.08. The van der Waals surface area contributed by atoms with E-state index < -0.39 is 6.04 Å². The van der Waals surface area contributed by atoms with E-state index in [1.807, 2.05) is 54.6 Å². The Morgan fingerprint density at radius 3 is 2.46 bits per heavy atom. The van der Waals surface area contributed by atoms with Crippen molar-refractivity contribution in [2.24, 2.45) is 0 Å². The fourth-order valence-corrected chi connectivity index (χ4v) is 3.41. The van der Waals surface area contributed by atoms with Gasteiger partial charge >= 0.3 is 0 Å². The number of hydrogen-bond donors (Lipinski definition) is 2. The van der Waals surface area contributed by atoms with Crippen LogP contribution in [0.1, 0.15) is 33.2 Å². The molecule has 4 heteroatoms. The summed E-state index contributed by atoms with van der Waals surface area (Å²) in [6, 6.07) is 25.6. The zero-order valence-electron chi connectivity index (χ0n) is 15.9. The molecule has 0 aliphatic carbocycles. The largest absolute Gasteiger partial charge is 0.303 e. The third-order valence-corrected chi connectivity index (χ3v) is 4.98. The summed E-state index contributed by atoms with van der Waals surface area (Å²) in [4.78, 5) is 13.4. The number of nitrogens with one attached hydrogen (secondary N) is 2. The van der Waals surface area contributed by atoms with Gasteiger partial charge in [-0.25, -0.2) is 0 Å². The van der Waals surface area contributed by atoms with E-state index in [0.29, 0.717) is 12.2 Å².